The lowest BCUT2D eigenvalue weighted by Crippen LogP contribution is -2.02. The molecule has 0 aliphatic rings. The molecular formula is C14H12ClF2NO. The molecule has 0 saturated heterocycles. The molecule has 0 fully saturated rings. The number of anilines is 1. The van der Waals surface area contributed by atoms with Crippen molar-refractivity contribution in [3.8, 4) is 5.75 Å². The van der Waals surface area contributed by atoms with Crippen molar-refractivity contribution < 1.29 is 13.5 Å². The van der Waals surface area contributed by atoms with E-state index in [1.165, 1.54) is 31.4 Å². The van der Waals surface area contributed by atoms with Gasteiger partial charge in [-0.1, -0.05) is 17.7 Å². The first-order valence-electron chi connectivity index (χ1n) is 5.61. The summed E-state index contributed by atoms with van der Waals surface area (Å²) in [5, 5.41) is 2.95. The molecule has 2 nitrogen and oxygen atoms in total. The first kappa shape index (κ1) is 13.6. The second-order valence-electron chi connectivity index (χ2n) is 3.95. The van der Waals surface area contributed by atoms with Crippen LogP contribution in [0.25, 0.3) is 0 Å². The highest BCUT2D eigenvalue weighted by Crippen LogP contribution is 2.22. The number of hydrogen-bond donors (Lipinski definition) is 1. The molecule has 19 heavy (non-hydrogen) atoms. The van der Waals surface area contributed by atoms with Crippen LogP contribution in [-0.2, 0) is 6.54 Å². The summed E-state index contributed by atoms with van der Waals surface area (Å²) < 4.78 is 31.8. The second-order valence-corrected chi connectivity index (χ2v) is 4.35. The zero-order chi connectivity index (χ0) is 13.8. The summed E-state index contributed by atoms with van der Waals surface area (Å²) in [5.74, 6) is -0.339. The van der Waals surface area contributed by atoms with Gasteiger partial charge in [0, 0.05) is 12.6 Å². The highest BCUT2D eigenvalue weighted by molar-refractivity contribution is 6.30. The molecule has 0 aromatic heterocycles. The van der Waals surface area contributed by atoms with Crippen LogP contribution in [0.2, 0.25) is 5.02 Å². The van der Waals surface area contributed by atoms with Crippen LogP contribution in [0.3, 0.4) is 0 Å². The van der Waals surface area contributed by atoms with Crippen molar-refractivity contribution in [2.75, 3.05) is 12.4 Å². The Kier molecular flexibility index (Phi) is 4.22. The van der Waals surface area contributed by atoms with Gasteiger partial charge in [0.05, 0.1) is 17.8 Å². The SMILES string of the molecule is COc1ccc(F)c(NCc2ccc(Cl)c(F)c2)c1. The normalized spacial score (nSPS) is 10.3. The molecule has 0 radical (unpaired) electrons. The molecule has 0 atom stereocenters. The molecule has 0 aliphatic carbocycles. The van der Waals surface area contributed by atoms with E-state index in [0.29, 0.717) is 17.0 Å². The van der Waals surface area contributed by atoms with E-state index in [2.05, 4.69) is 5.32 Å². The molecule has 100 valence electrons. The minimum atomic E-state index is -0.493. The second kappa shape index (κ2) is 5.89. The topological polar surface area (TPSA) is 21.3 Å². The predicted octanol–water partition coefficient (Wildman–Crippen LogP) is 4.24. The van der Waals surface area contributed by atoms with Crippen LogP contribution in [-0.4, -0.2) is 7.11 Å². The molecule has 2 aromatic rings. The van der Waals surface area contributed by atoms with Crippen molar-refractivity contribution in [1.29, 1.82) is 0 Å². The van der Waals surface area contributed by atoms with Gasteiger partial charge in [-0.3, -0.25) is 0 Å². The van der Waals surface area contributed by atoms with Gasteiger partial charge >= 0.3 is 0 Å². The maximum absolute atomic E-state index is 13.5. The Bertz CT molecular complexity index is 590. The van der Waals surface area contributed by atoms with Crippen molar-refractivity contribution in [1.82, 2.24) is 0 Å². The summed E-state index contributed by atoms with van der Waals surface area (Å²) in [4.78, 5) is 0. The van der Waals surface area contributed by atoms with Crippen molar-refractivity contribution in [2.45, 2.75) is 6.54 Å². The maximum atomic E-state index is 13.5. The Labute approximate surface area is 115 Å². The molecular weight excluding hydrogens is 272 g/mol. The van der Waals surface area contributed by atoms with Crippen LogP contribution in [0.4, 0.5) is 14.5 Å². The minimum Gasteiger partial charge on any atom is -0.497 e. The molecule has 0 saturated carbocycles. The van der Waals surface area contributed by atoms with Crippen molar-refractivity contribution in [2.24, 2.45) is 0 Å². The Morgan fingerprint density at radius 2 is 1.89 bits per heavy atom. The third-order valence-corrected chi connectivity index (χ3v) is 2.95. The number of ether oxygens (including phenoxy) is 1. The van der Waals surface area contributed by atoms with Crippen LogP contribution in [0.1, 0.15) is 5.56 Å². The van der Waals surface area contributed by atoms with E-state index in [1.807, 2.05) is 0 Å². The third kappa shape index (κ3) is 3.35. The van der Waals surface area contributed by atoms with E-state index >= 15 is 0 Å². The van der Waals surface area contributed by atoms with E-state index in [0.717, 1.165) is 0 Å². The summed E-state index contributed by atoms with van der Waals surface area (Å²) >= 11 is 5.59. The average molecular weight is 284 g/mol. The number of hydrogen-bond acceptors (Lipinski definition) is 2. The Hall–Kier alpha value is -1.81. The largest absolute Gasteiger partial charge is 0.497 e. The lowest BCUT2D eigenvalue weighted by atomic mass is 10.2. The Morgan fingerprint density at radius 3 is 2.58 bits per heavy atom. The van der Waals surface area contributed by atoms with Gasteiger partial charge in [0.25, 0.3) is 0 Å². The lowest BCUT2D eigenvalue weighted by molar-refractivity contribution is 0.414. The summed E-state index contributed by atoms with van der Waals surface area (Å²) in [5.41, 5.74) is 0.971. The highest BCUT2D eigenvalue weighted by atomic mass is 35.5. The van der Waals surface area contributed by atoms with E-state index in [4.69, 9.17) is 16.3 Å². The van der Waals surface area contributed by atoms with Crippen LogP contribution in [0.15, 0.2) is 36.4 Å². The molecule has 0 bridgehead atoms. The first-order valence-corrected chi connectivity index (χ1v) is 5.99. The van der Waals surface area contributed by atoms with Gasteiger partial charge in [0.1, 0.15) is 17.4 Å². The quantitative estimate of drug-likeness (QED) is 0.906. The molecule has 2 rings (SSSR count). The van der Waals surface area contributed by atoms with E-state index in [9.17, 15) is 8.78 Å². The highest BCUT2D eigenvalue weighted by Gasteiger charge is 2.05. The number of halogens is 3. The van der Waals surface area contributed by atoms with Crippen LogP contribution < -0.4 is 10.1 Å². The van der Waals surface area contributed by atoms with Gasteiger partial charge < -0.3 is 10.1 Å². The molecule has 0 amide bonds. The summed E-state index contributed by atoms with van der Waals surface area (Å²) in [6.07, 6.45) is 0. The lowest BCUT2D eigenvalue weighted by Gasteiger charge is -2.09. The van der Waals surface area contributed by atoms with Crippen molar-refractivity contribution >= 4 is 17.3 Å². The fourth-order valence-corrected chi connectivity index (χ4v) is 1.73. The van der Waals surface area contributed by atoms with Gasteiger partial charge in [-0.2, -0.15) is 0 Å². The number of nitrogens with one attached hydrogen (secondary N) is 1. The van der Waals surface area contributed by atoms with Crippen LogP contribution >= 0.6 is 11.6 Å². The maximum Gasteiger partial charge on any atom is 0.146 e. The number of rotatable bonds is 4. The number of methoxy groups -OCH3 is 1. The molecule has 0 spiro atoms. The average Bonchev–Trinajstić information content (AvgIpc) is 2.41. The minimum absolute atomic E-state index is 0.0660. The van der Waals surface area contributed by atoms with Gasteiger partial charge in [-0.05, 0) is 29.8 Å². The fourth-order valence-electron chi connectivity index (χ4n) is 1.61. The molecule has 1 N–H and O–H groups in total. The van der Waals surface area contributed by atoms with Crippen molar-refractivity contribution in [3.05, 3.63) is 58.6 Å². The van der Waals surface area contributed by atoms with Crippen LogP contribution in [0, 0.1) is 11.6 Å². The first-order chi connectivity index (χ1) is 9.10. The Morgan fingerprint density at radius 1 is 1.11 bits per heavy atom. The number of benzene rings is 2. The zero-order valence-corrected chi connectivity index (χ0v) is 11.0. The fraction of sp³-hybridized carbons (Fsp3) is 0.143. The van der Waals surface area contributed by atoms with Crippen molar-refractivity contribution in [3.63, 3.8) is 0 Å². The summed E-state index contributed by atoms with van der Waals surface area (Å²) in [7, 11) is 1.51. The van der Waals surface area contributed by atoms with Gasteiger partial charge in [0.15, 0.2) is 0 Å². The molecule has 5 heteroatoms. The van der Waals surface area contributed by atoms with Gasteiger partial charge in [-0.15, -0.1) is 0 Å². The van der Waals surface area contributed by atoms with Crippen LogP contribution in [0.5, 0.6) is 5.75 Å². The molecule has 0 unspecified atom stereocenters. The summed E-state index contributed by atoms with van der Waals surface area (Å²) in [6.45, 7) is 0.290. The van der Waals surface area contributed by atoms with Gasteiger partial charge in [-0.25, -0.2) is 8.78 Å². The third-order valence-electron chi connectivity index (χ3n) is 2.64. The molecule has 0 heterocycles. The molecule has 0 aliphatic heterocycles. The Balaban J connectivity index is 2.11. The van der Waals surface area contributed by atoms with E-state index < -0.39 is 11.6 Å². The molecule has 2 aromatic carbocycles. The van der Waals surface area contributed by atoms with Gasteiger partial charge in [0.2, 0.25) is 0 Å². The zero-order valence-electron chi connectivity index (χ0n) is 10.2. The van der Waals surface area contributed by atoms with E-state index in [1.54, 1.807) is 12.1 Å². The monoisotopic (exact) mass is 283 g/mol. The standard InChI is InChI=1S/C14H12ClF2NO/c1-19-10-3-5-12(16)14(7-10)18-8-9-2-4-11(15)13(17)6-9/h2-7,18H,8H2,1H3. The van der Waals surface area contributed by atoms with E-state index in [-0.39, 0.29) is 11.6 Å². The smallest absolute Gasteiger partial charge is 0.146 e. The predicted molar refractivity (Wildman–Crippen MR) is 71.7 cm³/mol. The summed E-state index contributed by atoms with van der Waals surface area (Å²) in [6, 6.07) is 8.84.